The van der Waals surface area contributed by atoms with E-state index in [0.29, 0.717) is 19.1 Å². The number of likely N-dealkylation sites (N-methyl/N-ethyl adjacent to an activating group) is 1. The standard InChI is InChI=1S/C9H14N2OS.C8H17NO2.C2H6/c1-7(2)9-10-8(5-13-9)4-11(3)6-12;1-4-6-7(9-3)8(10)11-5-2;1-2/h5-7H,4H2,1-3H3;7,9H,4-6H2,1-3H3;1-2H3. The van der Waals surface area contributed by atoms with E-state index in [-0.39, 0.29) is 12.0 Å². The highest BCUT2D eigenvalue weighted by atomic mass is 32.1. The summed E-state index contributed by atoms with van der Waals surface area (Å²) >= 11 is 1.66. The van der Waals surface area contributed by atoms with Gasteiger partial charge < -0.3 is 15.0 Å². The first-order chi connectivity index (χ1) is 12.4. The predicted molar refractivity (Wildman–Crippen MR) is 109 cm³/mol. The zero-order chi connectivity index (χ0) is 20.5. The second-order valence-corrected chi connectivity index (χ2v) is 6.62. The van der Waals surface area contributed by atoms with Crippen molar-refractivity contribution in [3.63, 3.8) is 0 Å². The molecule has 0 saturated heterocycles. The number of carbonyl (C=O) groups excluding carboxylic acids is 2. The fraction of sp³-hybridized carbons (Fsp3) is 0.737. The topological polar surface area (TPSA) is 71.5 Å². The highest BCUT2D eigenvalue weighted by Gasteiger charge is 2.15. The molecule has 1 unspecified atom stereocenters. The van der Waals surface area contributed by atoms with Crippen LogP contribution in [0.2, 0.25) is 0 Å². The number of nitrogens with one attached hydrogen (secondary N) is 1. The van der Waals surface area contributed by atoms with Crippen molar-refractivity contribution >= 4 is 23.7 Å². The van der Waals surface area contributed by atoms with E-state index >= 15 is 0 Å². The molecule has 0 aromatic carbocycles. The van der Waals surface area contributed by atoms with Crippen molar-refractivity contribution in [2.75, 3.05) is 20.7 Å². The average molecular weight is 388 g/mol. The van der Waals surface area contributed by atoms with Crippen molar-refractivity contribution in [3.8, 4) is 0 Å². The van der Waals surface area contributed by atoms with Crippen molar-refractivity contribution < 1.29 is 14.3 Å². The Morgan fingerprint density at radius 3 is 2.38 bits per heavy atom. The normalized spacial score (nSPS) is 10.8. The molecular formula is C19H37N3O3S. The Morgan fingerprint density at radius 2 is 2.00 bits per heavy atom. The van der Waals surface area contributed by atoms with Gasteiger partial charge in [-0.2, -0.15) is 0 Å². The number of rotatable bonds is 9. The summed E-state index contributed by atoms with van der Waals surface area (Å²) in [5.74, 6) is 0.331. The molecule has 1 rings (SSSR count). The van der Waals surface area contributed by atoms with Gasteiger partial charge in [0.25, 0.3) is 0 Å². The number of carbonyl (C=O) groups is 2. The summed E-state index contributed by atoms with van der Waals surface area (Å²) in [5, 5.41) is 6.06. The van der Waals surface area contributed by atoms with E-state index in [4.69, 9.17) is 4.74 Å². The largest absolute Gasteiger partial charge is 0.465 e. The van der Waals surface area contributed by atoms with Crippen LogP contribution in [0.4, 0.5) is 0 Å². The van der Waals surface area contributed by atoms with Crippen molar-refractivity contribution in [2.45, 2.75) is 72.9 Å². The Hall–Kier alpha value is -1.47. The molecule has 0 fully saturated rings. The maximum atomic E-state index is 11.1. The van der Waals surface area contributed by atoms with Gasteiger partial charge in [-0.25, -0.2) is 4.98 Å². The van der Waals surface area contributed by atoms with E-state index in [1.807, 2.05) is 33.1 Å². The van der Waals surface area contributed by atoms with Crippen molar-refractivity contribution in [2.24, 2.45) is 0 Å². The SMILES string of the molecule is CC.CC(C)c1nc(CN(C)C=O)cs1.CCCC(NC)C(=O)OCC. The van der Waals surface area contributed by atoms with Gasteiger partial charge in [0.2, 0.25) is 6.41 Å². The molecule has 0 aliphatic carbocycles. The predicted octanol–water partition coefficient (Wildman–Crippen LogP) is 3.82. The van der Waals surface area contributed by atoms with E-state index < -0.39 is 0 Å². The first-order valence-corrected chi connectivity index (χ1v) is 10.2. The number of thiazole rings is 1. The van der Waals surface area contributed by atoms with Gasteiger partial charge in [-0.05, 0) is 20.4 Å². The molecule has 1 N–H and O–H groups in total. The molecule has 0 saturated carbocycles. The zero-order valence-corrected chi connectivity index (χ0v) is 18.5. The van der Waals surface area contributed by atoms with Gasteiger partial charge in [-0.15, -0.1) is 11.3 Å². The third kappa shape index (κ3) is 12.0. The van der Waals surface area contributed by atoms with Crippen LogP contribution in [-0.4, -0.2) is 49.0 Å². The van der Waals surface area contributed by atoms with E-state index in [9.17, 15) is 9.59 Å². The van der Waals surface area contributed by atoms with Crippen LogP contribution in [-0.2, 0) is 20.9 Å². The number of esters is 1. The zero-order valence-electron chi connectivity index (χ0n) is 17.7. The summed E-state index contributed by atoms with van der Waals surface area (Å²) in [6, 6.07) is -0.125. The molecule has 0 aliphatic heterocycles. The van der Waals surface area contributed by atoms with Crippen LogP contribution in [0.25, 0.3) is 0 Å². The van der Waals surface area contributed by atoms with Crippen LogP contribution in [0.3, 0.4) is 0 Å². The molecule has 0 radical (unpaired) electrons. The highest BCUT2D eigenvalue weighted by molar-refractivity contribution is 7.09. The number of aromatic nitrogens is 1. The van der Waals surface area contributed by atoms with E-state index in [1.165, 1.54) is 0 Å². The Balaban J connectivity index is 0. The summed E-state index contributed by atoms with van der Waals surface area (Å²) in [7, 11) is 3.53. The van der Waals surface area contributed by atoms with Gasteiger partial charge in [0.15, 0.2) is 0 Å². The van der Waals surface area contributed by atoms with Crippen LogP contribution in [0.15, 0.2) is 5.38 Å². The third-order valence-electron chi connectivity index (χ3n) is 3.15. The van der Waals surface area contributed by atoms with Gasteiger partial charge in [0, 0.05) is 18.3 Å². The lowest BCUT2D eigenvalue weighted by molar-refractivity contribution is -0.145. The average Bonchev–Trinajstić information content (AvgIpc) is 3.10. The second-order valence-electron chi connectivity index (χ2n) is 5.73. The summed E-state index contributed by atoms with van der Waals surface area (Å²) in [6.45, 7) is 13.2. The van der Waals surface area contributed by atoms with Crippen LogP contribution in [0.5, 0.6) is 0 Å². The van der Waals surface area contributed by atoms with Crippen LogP contribution in [0, 0.1) is 0 Å². The minimum atomic E-state index is -0.142. The van der Waals surface area contributed by atoms with Gasteiger partial charge in [-0.1, -0.05) is 41.0 Å². The number of hydrogen-bond acceptors (Lipinski definition) is 6. The minimum absolute atomic E-state index is 0.125. The smallest absolute Gasteiger partial charge is 0.323 e. The molecule has 0 aliphatic rings. The molecule has 7 heteroatoms. The van der Waals surface area contributed by atoms with Gasteiger partial charge in [0.1, 0.15) is 6.04 Å². The molecule has 1 aromatic rings. The molecule has 26 heavy (non-hydrogen) atoms. The Bertz CT molecular complexity index is 478. The first-order valence-electron chi connectivity index (χ1n) is 9.33. The number of ether oxygens (including phenoxy) is 1. The fourth-order valence-corrected chi connectivity index (χ4v) is 2.69. The second kappa shape index (κ2) is 17.0. The lowest BCUT2D eigenvalue weighted by Crippen LogP contribution is -2.35. The van der Waals surface area contributed by atoms with Gasteiger partial charge in [-0.3, -0.25) is 9.59 Å². The van der Waals surface area contributed by atoms with E-state index in [2.05, 4.69) is 24.1 Å². The first kappa shape index (κ1) is 26.8. The van der Waals surface area contributed by atoms with E-state index in [0.717, 1.165) is 30.0 Å². The monoisotopic (exact) mass is 387 g/mol. The molecule has 152 valence electrons. The third-order valence-corrected chi connectivity index (χ3v) is 4.35. The van der Waals surface area contributed by atoms with Crippen molar-refractivity contribution in [3.05, 3.63) is 16.1 Å². The molecule has 1 atom stereocenters. The quantitative estimate of drug-likeness (QED) is 0.515. The summed E-state index contributed by atoms with van der Waals surface area (Å²) in [6.07, 6.45) is 2.65. The van der Waals surface area contributed by atoms with Crippen LogP contribution >= 0.6 is 11.3 Å². The molecule has 0 bridgehead atoms. The number of hydrogen-bond donors (Lipinski definition) is 1. The Morgan fingerprint density at radius 1 is 1.38 bits per heavy atom. The number of nitrogens with zero attached hydrogens (tertiary/aromatic N) is 2. The molecule has 0 spiro atoms. The summed E-state index contributed by atoms with van der Waals surface area (Å²) in [4.78, 5) is 27.4. The highest BCUT2D eigenvalue weighted by Crippen LogP contribution is 2.19. The summed E-state index contributed by atoms with van der Waals surface area (Å²) < 4.78 is 4.85. The van der Waals surface area contributed by atoms with Crippen molar-refractivity contribution in [1.82, 2.24) is 15.2 Å². The molecule has 1 amide bonds. The lowest BCUT2D eigenvalue weighted by Gasteiger charge is -2.12. The molecule has 6 nitrogen and oxygen atoms in total. The Labute approximate surface area is 163 Å². The maximum Gasteiger partial charge on any atom is 0.323 e. The molecule has 1 aromatic heterocycles. The minimum Gasteiger partial charge on any atom is -0.465 e. The van der Waals surface area contributed by atoms with Crippen molar-refractivity contribution in [1.29, 1.82) is 0 Å². The Kier molecular flexibility index (Phi) is 17.5. The van der Waals surface area contributed by atoms with Crippen LogP contribution < -0.4 is 5.32 Å². The summed E-state index contributed by atoms with van der Waals surface area (Å²) in [5.41, 5.74) is 0.975. The molecular weight excluding hydrogens is 350 g/mol. The fourth-order valence-electron chi connectivity index (χ4n) is 1.86. The lowest BCUT2D eigenvalue weighted by atomic mass is 10.2. The van der Waals surface area contributed by atoms with Crippen LogP contribution in [0.1, 0.15) is 71.0 Å². The number of amides is 1. The maximum absolute atomic E-state index is 11.1. The van der Waals surface area contributed by atoms with Gasteiger partial charge in [0.05, 0.1) is 23.9 Å². The van der Waals surface area contributed by atoms with E-state index in [1.54, 1.807) is 30.3 Å². The molecule has 1 heterocycles. The van der Waals surface area contributed by atoms with Gasteiger partial charge >= 0.3 is 5.97 Å².